The standard InChI is InChI=1S/C23H30ClN5O/c1-17-21(23(27-26-17)18-5-7-19(24)8-6-18)16-22(30)29-14-12-28(13-15-29)11-9-20-4-2-3-10-25-20/h2-8,10,17,21,23,26-27H,9,11-16H2,1H3. The molecule has 2 saturated heterocycles. The average molecular weight is 428 g/mol. The van der Waals surface area contributed by atoms with Crippen LogP contribution in [0.2, 0.25) is 5.02 Å². The first-order valence-corrected chi connectivity index (χ1v) is 11.1. The number of hydrazine groups is 1. The van der Waals surface area contributed by atoms with Crippen molar-refractivity contribution >= 4 is 17.5 Å². The van der Waals surface area contributed by atoms with Crippen LogP contribution in [0.15, 0.2) is 48.7 Å². The van der Waals surface area contributed by atoms with Gasteiger partial charge in [-0.15, -0.1) is 0 Å². The van der Waals surface area contributed by atoms with E-state index in [1.165, 1.54) is 0 Å². The van der Waals surface area contributed by atoms with Crippen LogP contribution in [-0.2, 0) is 11.2 Å². The molecule has 6 nitrogen and oxygen atoms in total. The van der Waals surface area contributed by atoms with Crippen LogP contribution in [0.25, 0.3) is 0 Å². The average Bonchev–Trinajstić information content (AvgIpc) is 3.14. The van der Waals surface area contributed by atoms with Crippen molar-refractivity contribution in [1.29, 1.82) is 0 Å². The molecule has 160 valence electrons. The van der Waals surface area contributed by atoms with E-state index in [2.05, 4.69) is 33.7 Å². The number of hydrogen-bond donors (Lipinski definition) is 2. The van der Waals surface area contributed by atoms with Gasteiger partial charge in [0.1, 0.15) is 0 Å². The molecule has 3 atom stereocenters. The molecule has 3 heterocycles. The molecule has 0 spiro atoms. The minimum Gasteiger partial charge on any atom is -0.340 e. The van der Waals surface area contributed by atoms with E-state index < -0.39 is 0 Å². The zero-order valence-corrected chi connectivity index (χ0v) is 18.2. The minimum atomic E-state index is 0.112. The highest BCUT2D eigenvalue weighted by atomic mass is 35.5. The molecule has 2 N–H and O–H groups in total. The monoisotopic (exact) mass is 427 g/mol. The van der Waals surface area contributed by atoms with Gasteiger partial charge in [0.25, 0.3) is 0 Å². The van der Waals surface area contributed by atoms with Gasteiger partial charge in [-0.2, -0.15) is 0 Å². The fourth-order valence-electron chi connectivity index (χ4n) is 4.39. The van der Waals surface area contributed by atoms with E-state index in [-0.39, 0.29) is 23.9 Å². The predicted molar refractivity (Wildman–Crippen MR) is 119 cm³/mol. The van der Waals surface area contributed by atoms with Gasteiger partial charge in [-0.25, -0.2) is 5.43 Å². The van der Waals surface area contributed by atoms with Crippen LogP contribution in [0.4, 0.5) is 0 Å². The summed E-state index contributed by atoms with van der Waals surface area (Å²) in [7, 11) is 0. The lowest BCUT2D eigenvalue weighted by molar-refractivity contribution is -0.134. The summed E-state index contributed by atoms with van der Waals surface area (Å²) >= 11 is 6.03. The zero-order chi connectivity index (χ0) is 20.9. The van der Waals surface area contributed by atoms with Crippen LogP contribution in [0, 0.1) is 5.92 Å². The highest BCUT2D eigenvalue weighted by Gasteiger charge is 2.36. The van der Waals surface area contributed by atoms with Crippen molar-refractivity contribution < 1.29 is 4.79 Å². The van der Waals surface area contributed by atoms with E-state index in [1.54, 1.807) is 0 Å². The van der Waals surface area contributed by atoms with Gasteiger partial charge in [0, 0.05) is 74.4 Å². The summed E-state index contributed by atoms with van der Waals surface area (Å²) in [5.74, 6) is 0.460. The van der Waals surface area contributed by atoms with Gasteiger partial charge < -0.3 is 4.90 Å². The SMILES string of the molecule is CC1NNC(c2ccc(Cl)cc2)C1CC(=O)N1CCN(CCc2ccccn2)CC1. The molecule has 0 radical (unpaired) electrons. The third-order valence-electron chi connectivity index (χ3n) is 6.31. The molecule has 2 aliphatic rings. The molecule has 1 amide bonds. The van der Waals surface area contributed by atoms with Gasteiger partial charge in [-0.05, 0) is 36.8 Å². The van der Waals surface area contributed by atoms with Crippen LogP contribution in [0.1, 0.15) is 30.6 Å². The summed E-state index contributed by atoms with van der Waals surface area (Å²) in [4.78, 5) is 21.9. The Morgan fingerprint density at radius 1 is 1.10 bits per heavy atom. The predicted octanol–water partition coefficient (Wildman–Crippen LogP) is 2.67. The lowest BCUT2D eigenvalue weighted by Crippen LogP contribution is -2.49. The molecule has 2 fully saturated rings. The van der Waals surface area contributed by atoms with Crippen molar-refractivity contribution in [2.45, 2.75) is 31.8 Å². The van der Waals surface area contributed by atoms with E-state index in [0.29, 0.717) is 6.42 Å². The first-order valence-electron chi connectivity index (χ1n) is 10.8. The highest BCUT2D eigenvalue weighted by molar-refractivity contribution is 6.30. The van der Waals surface area contributed by atoms with Crippen molar-refractivity contribution in [3.8, 4) is 0 Å². The number of aromatic nitrogens is 1. The van der Waals surface area contributed by atoms with E-state index in [4.69, 9.17) is 11.6 Å². The minimum absolute atomic E-state index is 0.112. The second-order valence-electron chi connectivity index (χ2n) is 8.27. The largest absolute Gasteiger partial charge is 0.340 e. The van der Waals surface area contributed by atoms with E-state index in [0.717, 1.165) is 55.4 Å². The van der Waals surface area contributed by atoms with Crippen LogP contribution in [0.5, 0.6) is 0 Å². The number of nitrogens with one attached hydrogen (secondary N) is 2. The van der Waals surface area contributed by atoms with Crippen molar-refractivity contribution in [2.24, 2.45) is 5.92 Å². The summed E-state index contributed by atoms with van der Waals surface area (Å²) < 4.78 is 0. The Labute approximate surface area is 183 Å². The molecule has 1 aromatic heterocycles. The molecular formula is C23H30ClN5O. The number of nitrogens with zero attached hydrogens (tertiary/aromatic N) is 3. The summed E-state index contributed by atoms with van der Waals surface area (Å²) in [5.41, 5.74) is 8.96. The quantitative estimate of drug-likeness (QED) is 0.742. The van der Waals surface area contributed by atoms with Gasteiger partial charge in [0.05, 0.1) is 6.04 Å². The third kappa shape index (κ3) is 5.19. The van der Waals surface area contributed by atoms with Crippen LogP contribution < -0.4 is 10.9 Å². The molecule has 4 rings (SSSR count). The molecule has 0 saturated carbocycles. The molecular weight excluding hydrogens is 398 g/mol. The van der Waals surface area contributed by atoms with E-state index in [9.17, 15) is 4.79 Å². The number of hydrogen-bond acceptors (Lipinski definition) is 5. The van der Waals surface area contributed by atoms with Gasteiger partial charge in [-0.3, -0.25) is 20.1 Å². The zero-order valence-electron chi connectivity index (χ0n) is 17.4. The molecule has 0 bridgehead atoms. The van der Waals surface area contributed by atoms with E-state index in [1.807, 2.05) is 47.5 Å². The van der Waals surface area contributed by atoms with Gasteiger partial charge >= 0.3 is 0 Å². The molecule has 2 aromatic rings. The second-order valence-corrected chi connectivity index (χ2v) is 8.70. The van der Waals surface area contributed by atoms with Crippen molar-refractivity contribution in [3.05, 3.63) is 64.9 Å². The first kappa shape index (κ1) is 21.2. The number of pyridine rings is 1. The summed E-state index contributed by atoms with van der Waals surface area (Å²) in [5, 5.41) is 0.728. The molecule has 2 aliphatic heterocycles. The van der Waals surface area contributed by atoms with Gasteiger partial charge in [0.15, 0.2) is 0 Å². The highest BCUT2D eigenvalue weighted by Crippen LogP contribution is 2.32. The van der Waals surface area contributed by atoms with E-state index >= 15 is 0 Å². The molecule has 1 aromatic carbocycles. The summed E-state index contributed by atoms with van der Waals surface area (Å²) in [6.45, 7) is 6.58. The first-order chi connectivity index (χ1) is 14.6. The maximum Gasteiger partial charge on any atom is 0.223 e. The maximum absolute atomic E-state index is 13.0. The number of carbonyl (C=O) groups is 1. The number of rotatable bonds is 6. The number of benzene rings is 1. The normalized spacial score (nSPS) is 24.9. The molecule has 7 heteroatoms. The van der Waals surface area contributed by atoms with Crippen molar-refractivity contribution in [1.82, 2.24) is 25.6 Å². The molecule has 30 heavy (non-hydrogen) atoms. The van der Waals surface area contributed by atoms with Crippen molar-refractivity contribution in [3.63, 3.8) is 0 Å². The number of carbonyl (C=O) groups excluding carboxylic acids is 1. The van der Waals surface area contributed by atoms with Crippen LogP contribution in [0.3, 0.4) is 0 Å². The van der Waals surface area contributed by atoms with Crippen LogP contribution >= 0.6 is 11.6 Å². The fourth-order valence-corrected chi connectivity index (χ4v) is 4.52. The Hall–Kier alpha value is -1.99. The lowest BCUT2D eigenvalue weighted by atomic mass is 9.87. The van der Waals surface area contributed by atoms with Gasteiger partial charge in [-0.1, -0.05) is 29.8 Å². The smallest absolute Gasteiger partial charge is 0.223 e. The number of piperazine rings is 1. The Morgan fingerprint density at radius 2 is 1.87 bits per heavy atom. The topological polar surface area (TPSA) is 60.5 Å². The third-order valence-corrected chi connectivity index (χ3v) is 6.56. The van der Waals surface area contributed by atoms with Gasteiger partial charge in [0.2, 0.25) is 5.91 Å². The molecule has 0 aliphatic carbocycles. The Kier molecular flexibility index (Phi) is 7.00. The maximum atomic E-state index is 13.0. The summed E-state index contributed by atoms with van der Waals surface area (Å²) in [6, 6.07) is 14.3. The fraction of sp³-hybridized carbons (Fsp3) is 0.478. The molecule has 3 unspecified atom stereocenters. The number of halogens is 1. The Morgan fingerprint density at radius 3 is 2.57 bits per heavy atom. The van der Waals surface area contributed by atoms with Crippen molar-refractivity contribution in [2.75, 3.05) is 32.7 Å². The number of amides is 1. The Balaban J connectivity index is 1.28. The summed E-state index contributed by atoms with van der Waals surface area (Å²) in [6.07, 6.45) is 3.34. The second kappa shape index (κ2) is 9.88. The van der Waals surface area contributed by atoms with Crippen LogP contribution in [-0.4, -0.2) is 59.5 Å². The lowest BCUT2D eigenvalue weighted by Gasteiger charge is -2.35. The Bertz CT molecular complexity index is 823.